The van der Waals surface area contributed by atoms with E-state index in [0.29, 0.717) is 0 Å². The third-order valence-electron chi connectivity index (χ3n) is 5.37. The van der Waals surface area contributed by atoms with Crippen molar-refractivity contribution in [1.82, 2.24) is 14.8 Å². The van der Waals surface area contributed by atoms with Gasteiger partial charge in [-0.3, -0.25) is 14.9 Å². The van der Waals surface area contributed by atoms with Gasteiger partial charge in [-0.2, -0.15) is 0 Å². The number of carbonyl (C=O) groups excluding carboxylic acids is 1. The lowest BCUT2D eigenvalue weighted by atomic mass is 10.1. The molecule has 0 unspecified atom stereocenters. The molecule has 0 fully saturated rings. The number of para-hydroxylation sites is 2. The molecule has 160 valence electrons. The fourth-order valence-electron chi connectivity index (χ4n) is 3.74. The largest absolute Gasteiger partial charge is 0.374 e. The molecule has 1 atom stereocenters. The van der Waals surface area contributed by atoms with Crippen molar-refractivity contribution in [2.75, 3.05) is 10.6 Å². The number of nitrogens with zero attached hydrogens (tertiary/aromatic N) is 4. The topological polar surface area (TPSA) is 115 Å². The summed E-state index contributed by atoms with van der Waals surface area (Å²) in [4.78, 5) is 23.3. The highest BCUT2D eigenvalue weighted by Gasteiger charge is 2.20. The lowest BCUT2D eigenvalue weighted by Gasteiger charge is -2.16. The minimum absolute atomic E-state index is 0.141. The predicted molar refractivity (Wildman–Crippen MR) is 118 cm³/mol. The fourth-order valence-corrected chi connectivity index (χ4v) is 3.74. The van der Waals surface area contributed by atoms with Gasteiger partial charge in [0.2, 0.25) is 5.91 Å². The van der Waals surface area contributed by atoms with Gasteiger partial charge in [0.25, 0.3) is 5.69 Å². The molecular weight excluding hydrogens is 396 g/mol. The summed E-state index contributed by atoms with van der Waals surface area (Å²) in [5.74, 6) is 1.48. The van der Waals surface area contributed by atoms with Crippen LogP contribution in [0.5, 0.6) is 0 Å². The highest BCUT2D eigenvalue weighted by molar-refractivity contribution is 5.98. The predicted octanol–water partition coefficient (Wildman–Crippen LogP) is 4.02. The number of nitro benzene ring substituents is 1. The number of hydrogen-bond acceptors (Lipinski definition) is 6. The molecule has 1 aromatic heterocycles. The Morgan fingerprint density at radius 3 is 2.81 bits per heavy atom. The van der Waals surface area contributed by atoms with Crippen LogP contribution in [-0.4, -0.2) is 31.6 Å². The normalized spacial score (nSPS) is 14.2. The Balaban J connectivity index is 1.49. The van der Waals surface area contributed by atoms with E-state index in [1.54, 1.807) is 19.1 Å². The molecule has 0 aliphatic carbocycles. The number of rotatable bonds is 6. The Morgan fingerprint density at radius 1 is 1.13 bits per heavy atom. The molecule has 0 bridgehead atoms. The summed E-state index contributed by atoms with van der Waals surface area (Å²) in [7, 11) is 0. The molecule has 31 heavy (non-hydrogen) atoms. The van der Waals surface area contributed by atoms with Crippen molar-refractivity contribution in [2.24, 2.45) is 0 Å². The summed E-state index contributed by atoms with van der Waals surface area (Å²) in [6.07, 6.45) is 4.37. The summed E-state index contributed by atoms with van der Waals surface area (Å²) >= 11 is 0. The molecule has 1 amide bonds. The monoisotopic (exact) mass is 420 g/mol. The summed E-state index contributed by atoms with van der Waals surface area (Å²) in [6.45, 7) is 2.61. The average molecular weight is 420 g/mol. The summed E-state index contributed by atoms with van der Waals surface area (Å²) < 4.78 is 2.18. The maximum Gasteiger partial charge on any atom is 0.292 e. The highest BCUT2D eigenvalue weighted by Crippen LogP contribution is 2.26. The van der Waals surface area contributed by atoms with Crippen molar-refractivity contribution >= 4 is 23.0 Å². The number of fused-ring (bicyclic) bond motifs is 1. The number of nitro groups is 1. The smallest absolute Gasteiger partial charge is 0.292 e. The maximum absolute atomic E-state index is 12.6. The molecule has 3 aromatic rings. The Bertz CT molecular complexity index is 1110. The second-order valence-electron chi connectivity index (χ2n) is 7.61. The van der Waals surface area contributed by atoms with Crippen LogP contribution in [0, 0.1) is 10.1 Å². The number of anilines is 2. The van der Waals surface area contributed by atoms with Gasteiger partial charge < -0.3 is 15.2 Å². The first-order chi connectivity index (χ1) is 15.0. The molecule has 2 heterocycles. The number of hydrogen-bond donors (Lipinski definition) is 2. The standard InChI is InChI=1S/C22H24N6O3/c1-15(22(29)24-18-10-4-5-11-19(18)28(30)31)23-17-9-7-8-16(14-17)21-26-25-20-12-3-2-6-13-27(20)21/h4-5,7-11,14-15,23H,2-3,6,12-13H2,1H3,(H,24,29)/t15-/m1/s1. The molecule has 1 aliphatic rings. The van der Waals surface area contributed by atoms with E-state index in [2.05, 4.69) is 25.4 Å². The maximum atomic E-state index is 12.6. The van der Waals surface area contributed by atoms with Gasteiger partial charge >= 0.3 is 0 Å². The van der Waals surface area contributed by atoms with E-state index in [9.17, 15) is 14.9 Å². The van der Waals surface area contributed by atoms with Gasteiger partial charge in [-0.1, -0.05) is 30.7 Å². The van der Waals surface area contributed by atoms with Crippen LogP contribution in [0.1, 0.15) is 32.0 Å². The number of carbonyl (C=O) groups is 1. The van der Waals surface area contributed by atoms with Gasteiger partial charge in [-0.15, -0.1) is 10.2 Å². The zero-order valence-electron chi connectivity index (χ0n) is 17.2. The van der Waals surface area contributed by atoms with Crippen LogP contribution < -0.4 is 10.6 Å². The Labute approximate surface area is 179 Å². The summed E-state index contributed by atoms with van der Waals surface area (Å²) in [5, 5.41) is 25.7. The fraction of sp³-hybridized carbons (Fsp3) is 0.318. The van der Waals surface area contributed by atoms with Crippen molar-refractivity contribution in [1.29, 1.82) is 0 Å². The first-order valence-corrected chi connectivity index (χ1v) is 10.4. The number of aryl methyl sites for hydroxylation is 1. The number of nitrogens with one attached hydrogen (secondary N) is 2. The third kappa shape index (κ3) is 4.55. The summed E-state index contributed by atoms with van der Waals surface area (Å²) in [5.41, 5.74) is 1.72. The van der Waals surface area contributed by atoms with Crippen molar-refractivity contribution in [3.05, 3.63) is 64.5 Å². The van der Waals surface area contributed by atoms with Crippen LogP contribution in [0.4, 0.5) is 17.1 Å². The van der Waals surface area contributed by atoms with Crippen LogP contribution in [0.3, 0.4) is 0 Å². The Hall–Kier alpha value is -3.75. The van der Waals surface area contributed by atoms with E-state index < -0.39 is 11.0 Å². The SMILES string of the molecule is C[C@@H](Nc1cccc(-c2nnc3n2CCCCC3)c1)C(=O)Nc1ccccc1[N+](=O)[O-]. The van der Waals surface area contributed by atoms with Crippen molar-refractivity contribution in [3.8, 4) is 11.4 Å². The molecule has 0 spiro atoms. The molecule has 2 N–H and O–H groups in total. The van der Waals surface area contributed by atoms with E-state index in [1.807, 2.05) is 24.3 Å². The van der Waals surface area contributed by atoms with E-state index in [1.165, 1.54) is 18.6 Å². The molecule has 9 heteroatoms. The second kappa shape index (κ2) is 8.95. The second-order valence-corrected chi connectivity index (χ2v) is 7.61. The van der Waals surface area contributed by atoms with Crippen LogP contribution in [0.2, 0.25) is 0 Å². The molecule has 0 radical (unpaired) electrons. The average Bonchev–Trinajstić information content (AvgIpc) is 3.02. The number of aromatic nitrogens is 3. The van der Waals surface area contributed by atoms with Crippen LogP contribution in [0.25, 0.3) is 11.4 Å². The van der Waals surface area contributed by atoms with Crippen LogP contribution in [-0.2, 0) is 17.8 Å². The lowest BCUT2D eigenvalue weighted by molar-refractivity contribution is -0.383. The lowest BCUT2D eigenvalue weighted by Crippen LogP contribution is -2.32. The Kier molecular flexibility index (Phi) is 5.92. The minimum Gasteiger partial charge on any atom is -0.374 e. The third-order valence-corrected chi connectivity index (χ3v) is 5.37. The molecule has 9 nitrogen and oxygen atoms in total. The van der Waals surface area contributed by atoms with E-state index >= 15 is 0 Å². The van der Waals surface area contributed by atoms with Crippen LogP contribution in [0.15, 0.2) is 48.5 Å². The zero-order chi connectivity index (χ0) is 21.8. The van der Waals surface area contributed by atoms with Gasteiger partial charge in [0.05, 0.1) is 4.92 Å². The molecule has 2 aromatic carbocycles. The minimum atomic E-state index is -0.606. The van der Waals surface area contributed by atoms with Gasteiger partial charge in [0, 0.05) is 30.3 Å². The van der Waals surface area contributed by atoms with Crippen molar-refractivity contribution in [3.63, 3.8) is 0 Å². The molecule has 4 rings (SSSR count). The molecule has 0 saturated heterocycles. The molecule has 0 saturated carbocycles. The van der Waals surface area contributed by atoms with Crippen molar-refractivity contribution < 1.29 is 9.72 Å². The first-order valence-electron chi connectivity index (χ1n) is 10.4. The number of amides is 1. The van der Waals surface area contributed by atoms with Crippen LogP contribution >= 0.6 is 0 Å². The van der Waals surface area contributed by atoms with Crippen molar-refractivity contribution in [2.45, 2.75) is 45.2 Å². The van der Waals surface area contributed by atoms with Gasteiger partial charge in [0.1, 0.15) is 17.6 Å². The van der Waals surface area contributed by atoms with E-state index in [0.717, 1.165) is 48.7 Å². The number of benzene rings is 2. The molecule has 1 aliphatic heterocycles. The molecular formula is C22H24N6O3. The van der Waals surface area contributed by atoms with Gasteiger partial charge in [-0.05, 0) is 38.0 Å². The van der Waals surface area contributed by atoms with Gasteiger partial charge in [0.15, 0.2) is 5.82 Å². The van der Waals surface area contributed by atoms with E-state index in [4.69, 9.17) is 0 Å². The quantitative estimate of drug-likeness (QED) is 0.460. The summed E-state index contributed by atoms with van der Waals surface area (Å²) in [6, 6.07) is 13.2. The van der Waals surface area contributed by atoms with E-state index in [-0.39, 0.29) is 17.3 Å². The Morgan fingerprint density at radius 2 is 1.97 bits per heavy atom. The first kappa shape index (κ1) is 20.5. The highest BCUT2D eigenvalue weighted by atomic mass is 16.6. The van der Waals surface area contributed by atoms with Gasteiger partial charge in [-0.25, -0.2) is 0 Å². The zero-order valence-corrected chi connectivity index (χ0v) is 17.2.